The molecule has 0 aliphatic heterocycles. The van der Waals surface area contributed by atoms with Gasteiger partial charge in [-0.3, -0.25) is 0 Å². The molecule has 0 spiro atoms. The third-order valence-corrected chi connectivity index (χ3v) is 5.85. The first-order valence-electron chi connectivity index (χ1n) is 6.71. The highest BCUT2D eigenvalue weighted by atomic mass is 16.4. The van der Waals surface area contributed by atoms with E-state index in [1.807, 2.05) is 13.8 Å². The summed E-state index contributed by atoms with van der Waals surface area (Å²) in [5.74, 6) is -0.196. The second-order valence-corrected chi connectivity index (χ2v) is 6.51. The van der Waals surface area contributed by atoms with Gasteiger partial charge in [-0.25, -0.2) is 0 Å². The second-order valence-electron chi connectivity index (χ2n) is 6.51. The summed E-state index contributed by atoms with van der Waals surface area (Å²) in [6, 6.07) is 0. The molecule has 0 amide bonds. The van der Waals surface area contributed by atoms with Crippen LogP contribution in [0.3, 0.4) is 0 Å². The molecule has 4 fully saturated rings. The number of oxime groups is 2. The van der Waals surface area contributed by atoms with E-state index in [4.69, 9.17) is 0 Å². The summed E-state index contributed by atoms with van der Waals surface area (Å²) in [6.07, 6.45) is 2.05. The van der Waals surface area contributed by atoms with Gasteiger partial charge in [-0.2, -0.15) is 0 Å². The van der Waals surface area contributed by atoms with Gasteiger partial charge in [0.25, 0.3) is 0 Å². The Balaban J connectivity index is 2.19. The fraction of sp³-hybridized carbons (Fsp3) is 0.714. The Bertz CT molecular complexity index is 509. The number of hydrogen-bond acceptors (Lipinski definition) is 5. The van der Waals surface area contributed by atoms with Crippen molar-refractivity contribution in [3.05, 3.63) is 12.2 Å². The zero-order chi connectivity index (χ0) is 14.0. The molecule has 4 saturated carbocycles. The maximum Gasteiger partial charge on any atom is 0.0794 e. The molecule has 19 heavy (non-hydrogen) atoms. The first-order valence-corrected chi connectivity index (χ1v) is 6.71. The zero-order valence-electron chi connectivity index (χ0n) is 11.3. The van der Waals surface area contributed by atoms with Crippen LogP contribution in [-0.2, 0) is 0 Å². The third kappa shape index (κ3) is 1.24. The summed E-state index contributed by atoms with van der Waals surface area (Å²) in [5, 5.41) is 36.4. The molecule has 3 N–H and O–H groups in total. The van der Waals surface area contributed by atoms with Gasteiger partial charge in [0.15, 0.2) is 0 Å². The average molecular weight is 264 g/mol. The smallest absolute Gasteiger partial charge is 0.0794 e. The van der Waals surface area contributed by atoms with E-state index in [1.54, 1.807) is 0 Å². The maximum atomic E-state index is 11.0. The largest absolute Gasteiger partial charge is 0.411 e. The van der Waals surface area contributed by atoms with Crippen molar-refractivity contribution in [3.63, 3.8) is 0 Å². The van der Waals surface area contributed by atoms with Crippen molar-refractivity contribution < 1.29 is 15.5 Å². The van der Waals surface area contributed by atoms with Crippen LogP contribution in [0.2, 0.25) is 0 Å². The van der Waals surface area contributed by atoms with E-state index in [0.29, 0.717) is 24.3 Å². The molecular formula is C14H20N2O3. The Labute approximate surface area is 112 Å². The van der Waals surface area contributed by atoms with Crippen LogP contribution < -0.4 is 0 Å². The highest BCUT2D eigenvalue weighted by Crippen LogP contribution is 2.64. The third-order valence-electron chi connectivity index (χ3n) is 5.85. The molecule has 5 heteroatoms. The molecule has 4 rings (SSSR count). The van der Waals surface area contributed by atoms with Gasteiger partial charge in [0, 0.05) is 23.2 Å². The zero-order valence-corrected chi connectivity index (χ0v) is 11.3. The fourth-order valence-electron chi connectivity index (χ4n) is 4.79. The van der Waals surface area contributed by atoms with Gasteiger partial charge in [-0.05, 0) is 33.1 Å². The van der Waals surface area contributed by atoms with Gasteiger partial charge < -0.3 is 15.5 Å². The molecule has 0 aromatic heterocycles. The highest BCUT2D eigenvalue weighted by Gasteiger charge is 2.68. The van der Waals surface area contributed by atoms with Crippen molar-refractivity contribution in [3.8, 4) is 0 Å². The predicted molar refractivity (Wildman–Crippen MR) is 70.6 cm³/mol. The van der Waals surface area contributed by atoms with Gasteiger partial charge >= 0.3 is 0 Å². The Morgan fingerprint density at radius 2 is 1.89 bits per heavy atom. The van der Waals surface area contributed by atoms with Gasteiger partial charge in [0.1, 0.15) is 0 Å². The quantitative estimate of drug-likeness (QED) is 0.385. The lowest BCUT2D eigenvalue weighted by atomic mass is 9.41. The molecule has 4 bridgehead atoms. The molecule has 0 heterocycles. The molecule has 5 nitrogen and oxygen atoms in total. The van der Waals surface area contributed by atoms with Crippen LogP contribution in [0.25, 0.3) is 0 Å². The molecule has 0 radical (unpaired) electrons. The van der Waals surface area contributed by atoms with E-state index >= 15 is 0 Å². The molecule has 104 valence electrons. The number of nitrogens with zero attached hydrogens (tertiary/aromatic N) is 2. The fourth-order valence-corrected chi connectivity index (χ4v) is 4.79. The van der Waals surface area contributed by atoms with E-state index in [9.17, 15) is 15.5 Å². The molecule has 0 aromatic carbocycles. The Morgan fingerprint density at radius 1 is 1.26 bits per heavy atom. The normalized spacial score (nSPS) is 52.1. The first-order chi connectivity index (χ1) is 8.89. The summed E-state index contributed by atoms with van der Waals surface area (Å²) in [5.41, 5.74) is 0.912. The minimum absolute atomic E-state index is 0.149. The summed E-state index contributed by atoms with van der Waals surface area (Å²) in [7, 11) is 0. The monoisotopic (exact) mass is 264 g/mol. The van der Waals surface area contributed by atoms with Gasteiger partial charge in [-0.15, -0.1) is 0 Å². The van der Waals surface area contributed by atoms with Crippen molar-refractivity contribution in [1.82, 2.24) is 0 Å². The molecular weight excluding hydrogens is 244 g/mol. The molecule has 4 aliphatic rings. The molecule has 4 aliphatic carbocycles. The predicted octanol–water partition coefficient (Wildman–Crippen LogP) is 2.02. The molecule has 5 atom stereocenters. The highest BCUT2D eigenvalue weighted by molar-refractivity contribution is 6.13. The Kier molecular flexibility index (Phi) is 2.40. The number of rotatable bonds is 1. The van der Waals surface area contributed by atoms with Crippen LogP contribution in [0.15, 0.2) is 22.5 Å². The maximum absolute atomic E-state index is 11.0. The number of aliphatic hydroxyl groups is 1. The Morgan fingerprint density at radius 3 is 2.42 bits per heavy atom. The molecule has 0 saturated heterocycles. The van der Waals surface area contributed by atoms with Gasteiger partial charge in [0.05, 0.1) is 17.0 Å². The standard InChI is InChI=1S/C14H20N2O3/c1-7(2)14-5-8-4-10(13(14,3)17)12(16-19)9(6-14)11(8)15-18/h8-10,17-19H,1,4-6H2,2-3H3/t8?,9?,10?,13-,14?/m1/s1. The van der Waals surface area contributed by atoms with E-state index in [-0.39, 0.29) is 23.2 Å². The summed E-state index contributed by atoms with van der Waals surface area (Å²) >= 11 is 0. The van der Waals surface area contributed by atoms with Crippen molar-refractivity contribution in [2.45, 2.75) is 38.7 Å². The minimum atomic E-state index is -0.950. The minimum Gasteiger partial charge on any atom is -0.411 e. The van der Waals surface area contributed by atoms with Crippen LogP contribution in [0.1, 0.15) is 33.1 Å². The summed E-state index contributed by atoms with van der Waals surface area (Å²) in [6.45, 7) is 7.85. The van der Waals surface area contributed by atoms with Crippen LogP contribution >= 0.6 is 0 Å². The molecule has 0 aromatic rings. The van der Waals surface area contributed by atoms with Gasteiger partial charge in [0.2, 0.25) is 0 Å². The average Bonchev–Trinajstić information content (AvgIpc) is 2.34. The first kappa shape index (κ1) is 12.7. The van der Waals surface area contributed by atoms with E-state index in [1.165, 1.54) is 0 Å². The molecule has 4 unspecified atom stereocenters. The lowest BCUT2D eigenvalue weighted by molar-refractivity contribution is -0.136. The lowest BCUT2D eigenvalue weighted by Crippen LogP contribution is -2.69. The van der Waals surface area contributed by atoms with Gasteiger partial charge in [-0.1, -0.05) is 22.5 Å². The summed E-state index contributed by atoms with van der Waals surface area (Å²) < 4.78 is 0. The van der Waals surface area contributed by atoms with Crippen LogP contribution in [-0.4, -0.2) is 32.5 Å². The van der Waals surface area contributed by atoms with E-state index < -0.39 is 5.60 Å². The van der Waals surface area contributed by atoms with E-state index in [2.05, 4.69) is 16.9 Å². The van der Waals surface area contributed by atoms with Crippen molar-refractivity contribution in [2.75, 3.05) is 0 Å². The van der Waals surface area contributed by atoms with Crippen LogP contribution in [0, 0.1) is 23.2 Å². The SMILES string of the molecule is C=C(C)C12CC3CC(C(=NO)C(C1)C3=NO)[C@@]2(C)O. The topological polar surface area (TPSA) is 85.4 Å². The van der Waals surface area contributed by atoms with Crippen molar-refractivity contribution >= 4 is 11.4 Å². The van der Waals surface area contributed by atoms with E-state index in [0.717, 1.165) is 12.0 Å². The van der Waals surface area contributed by atoms with Crippen molar-refractivity contribution in [2.24, 2.45) is 33.5 Å². The summed E-state index contributed by atoms with van der Waals surface area (Å²) in [4.78, 5) is 0. The van der Waals surface area contributed by atoms with Crippen LogP contribution in [0.5, 0.6) is 0 Å². The second kappa shape index (κ2) is 3.60. The Hall–Kier alpha value is -1.36. The lowest BCUT2D eigenvalue weighted by Gasteiger charge is -2.64. The van der Waals surface area contributed by atoms with Crippen LogP contribution in [0.4, 0.5) is 0 Å². The van der Waals surface area contributed by atoms with Crippen molar-refractivity contribution in [1.29, 1.82) is 0 Å². The number of hydrogen-bond donors (Lipinski definition) is 3.